The molecule has 0 amide bonds. The number of ether oxygens (including phenoxy) is 2. The Morgan fingerprint density at radius 1 is 0.885 bits per heavy atom. The van der Waals surface area contributed by atoms with Crippen LogP contribution in [0.25, 0.3) is 0 Å². The van der Waals surface area contributed by atoms with E-state index in [4.69, 9.17) is 9.47 Å². The minimum absolute atomic E-state index is 0.268. The normalized spacial score (nSPS) is 10.4. The van der Waals surface area contributed by atoms with Crippen molar-refractivity contribution in [2.24, 2.45) is 0 Å². The fourth-order valence-electron chi connectivity index (χ4n) is 2.60. The van der Waals surface area contributed by atoms with Crippen LogP contribution in [0, 0.1) is 12.7 Å². The van der Waals surface area contributed by atoms with Crippen molar-refractivity contribution < 1.29 is 13.9 Å². The fraction of sp³-hybridized carbons (Fsp3) is 0.182. The number of methoxy groups -OCH3 is 1. The molecule has 1 N–H and O–H groups in total. The number of anilines is 1. The Bertz CT molecular complexity index is 862. The molecule has 0 bridgehead atoms. The molecular weight excluding hydrogens is 329 g/mol. The van der Waals surface area contributed by atoms with E-state index in [9.17, 15) is 4.39 Å². The molecule has 0 aliphatic heterocycles. The summed E-state index contributed by atoms with van der Waals surface area (Å²) in [6, 6.07) is 20.5. The lowest BCUT2D eigenvalue weighted by Gasteiger charge is -2.13. The minimum atomic E-state index is -0.268. The maximum absolute atomic E-state index is 13.3. The van der Waals surface area contributed by atoms with Crippen LogP contribution in [0.15, 0.2) is 66.7 Å². The second-order valence-corrected chi connectivity index (χ2v) is 6.12. The zero-order chi connectivity index (χ0) is 18.4. The monoisotopic (exact) mass is 351 g/mol. The Morgan fingerprint density at radius 2 is 1.69 bits per heavy atom. The predicted molar refractivity (Wildman–Crippen MR) is 102 cm³/mol. The standard InChI is InChI=1S/C22H22FNO2/c1-16-6-9-20(10-7-16)24-14-17-8-11-21(22(13-17)25-2)26-15-18-4-3-5-19(23)12-18/h3-13,24H,14-15H2,1-2H3. The Morgan fingerprint density at radius 3 is 2.42 bits per heavy atom. The largest absolute Gasteiger partial charge is 0.493 e. The Balaban J connectivity index is 1.64. The molecule has 3 rings (SSSR count). The highest BCUT2D eigenvalue weighted by atomic mass is 19.1. The van der Waals surface area contributed by atoms with E-state index in [1.807, 2.05) is 24.3 Å². The molecule has 0 fully saturated rings. The summed E-state index contributed by atoms with van der Waals surface area (Å²) in [5.74, 6) is 1.02. The van der Waals surface area contributed by atoms with Gasteiger partial charge in [0.15, 0.2) is 11.5 Å². The summed E-state index contributed by atoms with van der Waals surface area (Å²) in [5, 5.41) is 3.38. The number of rotatable bonds is 7. The number of benzene rings is 3. The van der Waals surface area contributed by atoms with Gasteiger partial charge in [-0.25, -0.2) is 4.39 Å². The SMILES string of the molecule is COc1cc(CNc2ccc(C)cc2)ccc1OCc1cccc(F)c1. The molecular formula is C22H22FNO2. The maximum Gasteiger partial charge on any atom is 0.161 e. The van der Waals surface area contributed by atoms with Gasteiger partial charge in [0.05, 0.1) is 7.11 Å². The lowest BCUT2D eigenvalue weighted by molar-refractivity contribution is 0.284. The van der Waals surface area contributed by atoms with Crippen molar-refractivity contribution in [1.29, 1.82) is 0 Å². The van der Waals surface area contributed by atoms with E-state index in [1.165, 1.54) is 17.7 Å². The molecule has 0 aromatic heterocycles. The van der Waals surface area contributed by atoms with Gasteiger partial charge in [0.1, 0.15) is 12.4 Å². The van der Waals surface area contributed by atoms with Crippen LogP contribution in [0.3, 0.4) is 0 Å². The van der Waals surface area contributed by atoms with Crippen molar-refractivity contribution in [1.82, 2.24) is 0 Å². The molecule has 3 aromatic rings. The summed E-state index contributed by atoms with van der Waals surface area (Å²) in [6.45, 7) is 3.04. The van der Waals surface area contributed by atoms with Gasteiger partial charge >= 0.3 is 0 Å². The molecule has 0 aliphatic carbocycles. The lowest BCUT2D eigenvalue weighted by atomic mass is 10.2. The predicted octanol–water partition coefficient (Wildman–Crippen LogP) is 5.33. The van der Waals surface area contributed by atoms with Crippen LogP contribution in [0.4, 0.5) is 10.1 Å². The minimum Gasteiger partial charge on any atom is -0.493 e. The van der Waals surface area contributed by atoms with Crippen molar-refractivity contribution in [3.8, 4) is 11.5 Å². The maximum atomic E-state index is 13.3. The molecule has 26 heavy (non-hydrogen) atoms. The third-order valence-corrected chi connectivity index (χ3v) is 4.06. The topological polar surface area (TPSA) is 30.5 Å². The summed E-state index contributed by atoms with van der Waals surface area (Å²) in [4.78, 5) is 0. The fourth-order valence-corrected chi connectivity index (χ4v) is 2.60. The number of nitrogens with one attached hydrogen (secondary N) is 1. The molecule has 0 heterocycles. The molecule has 0 saturated carbocycles. The van der Waals surface area contributed by atoms with E-state index < -0.39 is 0 Å². The average molecular weight is 351 g/mol. The van der Waals surface area contributed by atoms with Gasteiger partial charge in [0.25, 0.3) is 0 Å². The van der Waals surface area contributed by atoms with Crippen LogP contribution in [-0.2, 0) is 13.2 Å². The van der Waals surface area contributed by atoms with Gasteiger partial charge in [-0.05, 0) is 54.4 Å². The van der Waals surface area contributed by atoms with Gasteiger partial charge < -0.3 is 14.8 Å². The molecule has 0 radical (unpaired) electrons. The summed E-state index contributed by atoms with van der Waals surface area (Å²) >= 11 is 0. The van der Waals surface area contributed by atoms with Crippen LogP contribution >= 0.6 is 0 Å². The second-order valence-electron chi connectivity index (χ2n) is 6.12. The molecule has 0 aliphatic rings. The molecule has 0 unspecified atom stereocenters. The van der Waals surface area contributed by atoms with Crippen LogP contribution < -0.4 is 14.8 Å². The molecule has 0 spiro atoms. The van der Waals surface area contributed by atoms with Crippen LogP contribution in [0.2, 0.25) is 0 Å². The highest BCUT2D eigenvalue weighted by molar-refractivity contribution is 5.47. The summed E-state index contributed by atoms with van der Waals surface area (Å²) in [6.07, 6.45) is 0. The van der Waals surface area contributed by atoms with E-state index in [0.29, 0.717) is 18.0 Å². The summed E-state index contributed by atoms with van der Waals surface area (Å²) in [7, 11) is 1.61. The first-order valence-corrected chi connectivity index (χ1v) is 8.49. The second kappa shape index (κ2) is 8.39. The molecule has 4 heteroatoms. The molecule has 3 nitrogen and oxygen atoms in total. The summed E-state index contributed by atoms with van der Waals surface area (Å²) in [5.41, 5.74) is 4.16. The molecule has 0 atom stereocenters. The third-order valence-electron chi connectivity index (χ3n) is 4.06. The Hall–Kier alpha value is -3.01. The smallest absolute Gasteiger partial charge is 0.161 e. The van der Waals surface area contributed by atoms with E-state index in [0.717, 1.165) is 16.8 Å². The van der Waals surface area contributed by atoms with E-state index in [-0.39, 0.29) is 12.4 Å². The number of hydrogen-bond acceptors (Lipinski definition) is 3. The van der Waals surface area contributed by atoms with Crippen molar-refractivity contribution in [2.45, 2.75) is 20.1 Å². The van der Waals surface area contributed by atoms with Crippen LogP contribution in [-0.4, -0.2) is 7.11 Å². The van der Waals surface area contributed by atoms with E-state index in [2.05, 4.69) is 36.5 Å². The van der Waals surface area contributed by atoms with Gasteiger partial charge in [-0.1, -0.05) is 35.9 Å². The first-order valence-electron chi connectivity index (χ1n) is 8.49. The first-order chi connectivity index (χ1) is 12.6. The number of halogens is 1. The van der Waals surface area contributed by atoms with Crippen molar-refractivity contribution in [3.63, 3.8) is 0 Å². The van der Waals surface area contributed by atoms with Crippen molar-refractivity contribution in [2.75, 3.05) is 12.4 Å². The highest BCUT2D eigenvalue weighted by Crippen LogP contribution is 2.29. The molecule has 134 valence electrons. The summed E-state index contributed by atoms with van der Waals surface area (Å²) < 4.78 is 24.5. The van der Waals surface area contributed by atoms with Crippen molar-refractivity contribution in [3.05, 3.63) is 89.2 Å². The lowest BCUT2D eigenvalue weighted by Crippen LogP contribution is -2.02. The van der Waals surface area contributed by atoms with Gasteiger partial charge in [-0.3, -0.25) is 0 Å². The Kier molecular flexibility index (Phi) is 5.74. The average Bonchev–Trinajstić information content (AvgIpc) is 2.66. The quantitative estimate of drug-likeness (QED) is 0.624. The van der Waals surface area contributed by atoms with Gasteiger partial charge in [-0.15, -0.1) is 0 Å². The third kappa shape index (κ3) is 4.76. The van der Waals surface area contributed by atoms with E-state index in [1.54, 1.807) is 13.2 Å². The molecule has 3 aromatic carbocycles. The van der Waals surface area contributed by atoms with Gasteiger partial charge in [0.2, 0.25) is 0 Å². The highest BCUT2D eigenvalue weighted by Gasteiger charge is 2.07. The van der Waals surface area contributed by atoms with Crippen LogP contribution in [0.1, 0.15) is 16.7 Å². The first kappa shape index (κ1) is 17.8. The van der Waals surface area contributed by atoms with Gasteiger partial charge in [-0.2, -0.15) is 0 Å². The Labute approximate surface area is 153 Å². The van der Waals surface area contributed by atoms with Crippen molar-refractivity contribution >= 4 is 5.69 Å². The van der Waals surface area contributed by atoms with E-state index >= 15 is 0 Å². The molecule has 0 saturated heterocycles. The van der Waals surface area contributed by atoms with Crippen LogP contribution in [0.5, 0.6) is 11.5 Å². The zero-order valence-corrected chi connectivity index (χ0v) is 15.0. The number of aryl methyl sites for hydroxylation is 1. The number of hydrogen-bond donors (Lipinski definition) is 1. The zero-order valence-electron chi connectivity index (χ0n) is 15.0. The van der Waals surface area contributed by atoms with Gasteiger partial charge in [0, 0.05) is 12.2 Å².